The Morgan fingerprint density at radius 1 is 1.53 bits per heavy atom. The molecule has 1 fully saturated rings. The third-order valence-corrected chi connectivity index (χ3v) is 3.51. The van der Waals surface area contributed by atoms with Gasteiger partial charge in [-0.1, -0.05) is 6.92 Å². The molecule has 0 saturated carbocycles. The Hall–Kier alpha value is -1.62. The quantitative estimate of drug-likeness (QED) is 0.847. The average molecular weight is 263 g/mol. The van der Waals surface area contributed by atoms with Gasteiger partial charge in [-0.3, -0.25) is 0 Å². The number of nitrogens with one attached hydrogen (secondary N) is 1. The van der Waals surface area contributed by atoms with Crippen LogP contribution in [0, 0.1) is 0 Å². The first kappa shape index (κ1) is 13.8. The maximum Gasteiger partial charge on any atom is 0.354 e. The van der Waals surface area contributed by atoms with Crippen LogP contribution in [0.5, 0.6) is 0 Å². The molecule has 0 spiro atoms. The zero-order valence-electron chi connectivity index (χ0n) is 11.3. The fourth-order valence-corrected chi connectivity index (χ4v) is 2.60. The summed E-state index contributed by atoms with van der Waals surface area (Å²) in [5, 5.41) is 12.4. The number of hydrogen-bond acceptors (Lipinski definition) is 4. The predicted octanol–water partition coefficient (Wildman–Crippen LogP) is 1.75. The Labute approximate surface area is 113 Å². The SMILES string of the molecule is CCCN(c1ccnc(C(=O)O)c1)C1CCNCC1. The highest BCUT2D eigenvalue weighted by molar-refractivity contribution is 5.86. The van der Waals surface area contributed by atoms with Crippen molar-refractivity contribution in [2.24, 2.45) is 0 Å². The van der Waals surface area contributed by atoms with Gasteiger partial charge in [0.1, 0.15) is 5.69 Å². The Morgan fingerprint density at radius 3 is 2.89 bits per heavy atom. The molecule has 1 aliphatic heterocycles. The molecule has 0 aromatic carbocycles. The Bertz CT molecular complexity index is 430. The van der Waals surface area contributed by atoms with E-state index in [1.165, 1.54) is 0 Å². The van der Waals surface area contributed by atoms with E-state index in [4.69, 9.17) is 5.11 Å². The van der Waals surface area contributed by atoms with Crippen LogP contribution < -0.4 is 10.2 Å². The van der Waals surface area contributed by atoms with E-state index in [0.717, 1.165) is 44.6 Å². The van der Waals surface area contributed by atoms with Crippen molar-refractivity contribution in [3.05, 3.63) is 24.0 Å². The highest BCUT2D eigenvalue weighted by Crippen LogP contribution is 2.22. The van der Waals surface area contributed by atoms with Crippen molar-refractivity contribution < 1.29 is 9.90 Å². The monoisotopic (exact) mass is 263 g/mol. The van der Waals surface area contributed by atoms with Crippen LogP contribution >= 0.6 is 0 Å². The highest BCUT2D eigenvalue weighted by atomic mass is 16.4. The first-order valence-electron chi connectivity index (χ1n) is 6.89. The van der Waals surface area contributed by atoms with Crippen molar-refractivity contribution >= 4 is 11.7 Å². The number of pyridine rings is 1. The molecular weight excluding hydrogens is 242 g/mol. The van der Waals surface area contributed by atoms with Gasteiger partial charge in [0.25, 0.3) is 0 Å². The van der Waals surface area contributed by atoms with Crippen LogP contribution in [0.15, 0.2) is 18.3 Å². The number of aromatic nitrogens is 1. The van der Waals surface area contributed by atoms with Crippen LogP contribution in [0.1, 0.15) is 36.7 Å². The van der Waals surface area contributed by atoms with Gasteiger partial charge in [-0.05, 0) is 44.5 Å². The van der Waals surface area contributed by atoms with Gasteiger partial charge < -0.3 is 15.3 Å². The summed E-state index contributed by atoms with van der Waals surface area (Å²) in [7, 11) is 0. The lowest BCUT2D eigenvalue weighted by molar-refractivity contribution is 0.0690. The van der Waals surface area contributed by atoms with Gasteiger partial charge in [0, 0.05) is 24.5 Å². The largest absolute Gasteiger partial charge is 0.477 e. The molecule has 2 N–H and O–H groups in total. The normalized spacial score (nSPS) is 16.3. The molecule has 2 heterocycles. The van der Waals surface area contributed by atoms with Gasteiger partial charge >= 0.3 is 5.97 Å². The Kier molecular flexibility index (Phi) is 4.74. The lowest BCUT2D eigenvalue weighted by atomic mass is 10.0. The van der Waals surface area contributed by atoms with E-state index in [9.17, 15) is 4.79 Å². The fraction of sp³-hybridized carbons (Fsp3) is 0.571. The van der Waals surface area contributed by atoms with Gasteiger partial charge in [0.15, 0.2) is 0 Å². The predicted molar refractivity (Wildman–Crippen MR) is 74.7 cm³/mol. The number of nitrogens with zero attached hydrogens (tertiary/aromatic N) is 2. The van der Waals surface area contributed by atoms with Gasteiger partial charge in [-0.15, -0.1) is 0 Å². The minimum Gasteiger partial charge on any atom is -0.477 e. The molecule has 0 radical (unpaired) electrons. The molecule has 0 bridgehead atoms. The van der Waals surface area contributed by atoms with E-state index in [2.05, 4.69) is 22.1 Å². The maximum atomic E-state index is 11.0. The molecular formula is C14H21N3O2. The van der Waals surface area contributed by atoms with E-state index >= 15 is 0 Å². The minimum absolute atomic E-state index is 0.118. The van der Waals surface area contributed by atoms with Crippen LogP contribution in [0.3, 0.4) is 0 Å². The van der Waals surface area contributed by atoms with Crippen LogP contribution in [0.2, 0.25) is 0 Å². The van der Waals surface area contributed by atoms with Crippen LogP contribution in [-0.4, -0.2) is 41.7 Å². The molecule has 104 valence electrons. The summed E-state index contributed by atoms with van der Waals surface area (Å²) >= 11 is 0. The van der Waals surface area contributed by atoms with Gasteiger partial charge in [-0.25, -0.2) is 9.78 Å². The van der Waals surface area contributed by atoms with Crippen molar-refractivity contribution in [2.45, 2.75) is 32.2 Å². The molecule has 5 heteroatoms. The van der Waals surface area contributed by atoms with Crippen LogP contribution in [0.4, 0.5) is 5.69 Å². The third kappa shape index (κ3) is 3.44. The molecule has 1 saturated heterocycles. The van der Waals surface area contributed by atoms with Crippen molar-refractivity contribution in [3.8, 4) is 0 Å². The number of hydrogen-bond donors (Lipinski definition) is 2. The molecule has 1 aliphatic rings. The fourth-order valence-electron chi connectivity index (χ4n) is 2.60. The highest BCUT2D eigenvalue weighted by Gasteiger charge is 2.21. The second-order valence-electron chi connectivity index (χ2n) is 4.88. The number of piperidine rings is 1. The molecule has 0 aliphatic carbocycles. The number of carboxylic acids is 1. The first-order chi connectivity index (χ1) is 9.22. The van der Waals surface area contributed by atoms with Crippen LogP contribution in [-0.2, 0) is 0 Å². The first-order valence-corrected chi connectivity index (χ1v) is 6.89. The van der Waals surface area contributed by atoms with Crippen LogP contribution in [0.25, 0.3) is 0 Å². The molecule has 19 heavy (non-hydrogen) atoms. The Morgan fingerprint density at radius 2 is 2.26 bits per heavy atom. The summed E-state index contributed by atoms with van der Waals surface area (Å²) in [4.78, 5) is 17.2. The topological polar surface area (TPSA) is 65.5 Å². The minimum atomic E-state index is -0.969. The smallest absolute Gasteiger partial charge is 0.354 e. The summed E-state index contributed by atoms with van der Waals surface area (Å²) in [6.07, 6.45) is 4.84. The number of aromatic carboxylic acids is 1. The van der Waals surface area contributed by atoms with Crippen molar-refractivity contribution in [3.63, 3.8) is 0 Å². The van der Waals surface area contributed by atoms with Crippen molar-refractivity contribution in [2.75, 3.05) is 24.5 Å². The van der Waals surface area contributed by atoms with E-state index in [0.29, 0.717) is 6.04 Å². The van der Waals surface area contributed by atoms with E-state index in [1.54, 1.807) is 12.3 Å². The number of anilines is 1. The maximum absolute atomic E-state index is 11.0. The molecule has 0 amide bonds. The zero-order chi connectivity index (χ0) is 13.7. The second kappa shape index (κ2) is 6.52. The van der Waals surface area contributed by atoms with Gasteiger partial charge in [0.2, 0.25) is 0 Å². The number of carbonyl (C=O) groups is 1. The Balaban J connectivity index is 2.22. The standard InChI is InChI=1S/C14H21N3O2/c1-2-9-17(11-3-6-15-7-4-11)12-5-8-16-13(10-12)14(18)19/h5,8,10-11,15H,2-4,6-7,9H2,1H3,(H,18,19). The molecule has 5 nitrogen and oxygen atoms in total. The lowest BCUT2D eigenvalue weighted by Crippen LogP contribution is -2.43. The molecule has 2 rings (SSSR count). The molecule has 1 aromatic rings. The van der Waals surface area contributed by atoms with E-state index < -0.39 is 5.97 Å². The number of rotatable bonds is 5. The second-order valence-corrected chi connectivity index (χ2v) is 4.88. The summed E-state index contributed by atoms with van der Waals surface area (Å²) in [5.74, 6) is -0.969. The van der Waals surface area contributed by atoms with Gasteiger partial charge in [-0.2, -0.15) is 0 Å². The summed E-state index contributed by atoms with van der Waals surface area (Å²) in [5.41, 5.74) is 1.09. The van der Waals surface area contributed by atoms with E-state index in [1.807, 2.05) is 6.07 Å². The summed E-state index contributed by atoms with van der Waals surface area (Å²) in [6, 6.07) is 4.08. The van der Waals surface area contributed by atoms with Gasteiger partial charge in [0.05, 0.1) is 0 Å². The average Bonchev–Trinajstić information content (AvgIpc) is 2.46. The summed E-state index contributed by atoms with van der Waals surface area (Å²) in [6.45, 7) is 5.16. The molecule has 1 aromatic heterocycles. The molecule has 0 unspecified atom stereocenters. The van der Waals surface area contributed by atoms with E-state index in [-0.39, 0.29) is 5.69 Å². The molecule has 0 atom stereocenters. The van der Waals surface area contributed by atoms with Crippen molar-refractivity contribution in [1.82, 2.24) is 10.3 Å². The third-order valence-electron chi connectivity index (χ3n) is 3.51. The number of carboxylic acid groups (broad SMARTS) is 1. The van der Waals surface area contributed by atoms with Crippen molar-refractivity contribution in [1.29, 1.82) is 0 Å². The summed E-state index contributed by atoms with van der Waals surface area (Å²) < 4.78 is 0. The zero-order valence-corrected chi connectivity index (χ0v) is 11.3. The lowest BCUT2D eigenvalue weighted by Gasteiger charge is -2.36.